The van der Waals surface area contributed by atoms with E-state index in [1.807, 2.05) is 0 Å². The van der Waals surface area contributed by atoms with Gasteiger partial charge < -0.3 is 5.32 Å². The first kappa shape index (κ1) is 21.0. The summed E-state index contributed by atoms with van der Waals surface area (Å²) in [6, 6.07) is 12.9. The van der Waals surface area contributed by atoms with Crippen LogP contribution in [-0.4, -0.2) is 5.71 Å². The number of benzene rings is 2. The number of nitrogens with one attached hydrogen (secondary N) is 1. The number of aryl methyl sites for hydroxylation is 2. The molecule has 0 unspecified atom stereocenters. The van der Waals surface area contributed by atoms with E-state index in [9.17, 15) is 0 Å². The molecule has 0 fully saturated rings. The van der Waals surface area contributed by atoms with Crippen molar-refractivity contribution in [2.24, 2.45) is 4.99 Å². The van der Waals surface area contributed by atoms with Crippen LogP contribution in [0.2, 0.25) is 0 Å². The molecule has 0 saturated heterocycles. The number of aliphatic imine (C=N–C) groups is 1. The second kappa shape index (κ2) is 9.03. The predicted octanol–water partition coefficient (Wildman–Crippen LogP) is 7.66. The van der Waals surface area contributed by atoms with Gasteiger partial charge in [0.05, 0.1) is 5.69 Å². The highest BCUT2D eigenvalue weighted by molar-refractivity contribution is 5.96. The third kappa shape index (κ3) is 5.32. The summed E-state index contributed by atoms with van der Waals surface area (Å²) in [6.07, 6.45) is 2.13. The molecule has 0 bridgehead atoms. The first-order valence-electron chi connectivity index (χ1n) is 9.90. The number of rotatable bonds is 6. The molecule has 0 saturated carbocycles. The zero-order valence-corrected chi connectivity index (χ0v) is 18.1. The Kier molecular flexibility index (Phi) is 7.01. The number of allylic oxidation sites excluding steroid dienone is 2. The van der Waals surface area contributed by atoms with Crippen molar-refractivity contribution in [2.45, 2.75) is 67.2 Å². The van der Waals surface area contributed by atoms with E-state index in [1.54, 1.807) is 0 Å². The molecule has 2 nitrogen and oxygen atoms in total. The minimum Gasteiger partial charge on any atom is -0.359 e. The number of anilines is 1. The number of hydrogen-bond acceptors (Lipinski definition) is 2. The molecule has 0 aromatic heterocycles. The summed E-state index contributed by atoms with van der Waals surface area (Å²) >= 11 is 0. The second-order valence-electron chi connectivity index (χ2n) is 8.07. The van der Waals surface area contributed by atoms with Gasteiger partial charge in [0.15, 0.2) is 0 Å². The Morgan fingerprint density at radius 3 is 2.00 bits per heavy atom. The standard InChI is InChI=1S/C25H34N2/c1-16(2)22-13-9-11-18(5)24(22)26-20(7)15-21(8)27-25-19(6)12-10-14-23(25)17(3)4/h9-17,26H,1-8H3/b20-15+,27-21?. The first-order chi connectivity index (χ1) is 12.7. The maximum atomic E-state index is 4.94. The molecule has 0 radical (unpaired) electrons. The summed E-state index contributed by atoms with van der Waals surface area (Å²) in [4.78, 5) is 4.94. The highest BCUT2D eigenvalue weighted by atomic mass is 14.9. The van der Waals surface area contributed by atoms with Crippen LogP contribution in [0.3, 0.4) is 0 Å². The Balaban J connectivity index is 2.34. The van der Waals surface area contributed by atoms with Gasteiger partial charge >= 0.3 is 0 Å². The molecule has 0 amide bonds. The summed E-state index contributed by atoms with van der Waals surface area (Å²) in [5.74, 6) is 0.941. The van der Waals surface area contributed by atoms with Gasteiger partial charge in [0.2, 0.25) is 0 Å². The van der Waals surface area contributed by atoms with Crippen molar-refractivity contribution in [3.8, 4) is 0 Å². The topological polar surface area (TPSA) is 24.4 Å². The monoisotopic (exact) mass is 362 g/mol. The zero-order chi connectivity index (χ0) is 20.1. The Labute approximate surface area is 165 Å². The van der Waals surface area contributed by atoms with Gasteiger partial charge in [0.1, 0.15) is 0 Å². The molecule has 27 heavy (non-hydrogen) atoms. The fourth-order valence-corrected chi connectivity index (χ4v) is 3.40. The number of para-hydroxylation sites is 2. The van der Waals surface area contributed by atoms with Crippen LogP contribution in [0.1, 0.15) is 75.6 Å². The number of hydrogen-bond donors (Lipinski definition) is 1. The van der Waals surface area contributed by atoms with Crippen molar-refractivity contribution in [1.29, 1.82) is 0 Å². The fraction of sp³-hybridized carbons (Fsp3) is 0.400. The van der Waals surface area contributed by atoms with E-state index in [4.69, 9.17) is 4.99 Å². The molecular weight excluding hydrogens is 328 g/mol. The van der Waals surface area contributed by atoms with Crippen molar-refractivity contribution in [3.05, 3.63) is 70.4 Å². The van der Waals surface area contributed by atoms with Crippen molar-refractivity contribution >= 4 is 17.1 Å². The van der Waals surface area contributed by atoms with E-state index in [0.717, 1.165) is 17.1 Å². The van der Waals surface area contributed by atoms with Crippen LogP contribution in [0.15, 0.2) is 53.2 Å². The lowest BCUT2D eigenvalue weighted by molar-refractivity contribution is 0.865. The molecule has 2 heteroatoms. The van der Waals surface area contributed by atoms with E-state index >= 15 is 0 Å². The molecule has 144 valence electrons. The Morgan fingerprint density at radius 1 is 0.852 bits per heavy atom. The smallest absolute Gasteiger partial charge is 0.0696 e. The van der Waals surface area contributed by atoms with Crippen molar-refractivity contribution in [3.63, 3.8) is 0 Å². The van der Waals surface area contributed by atoms with Crippen LogP contribution in [0, 0.1) is 13.8 Å². The normalized spacial score (nSPS) is 12.8. The molecule has 2 rings (SSSR count). The largest absolute Gasteiger partial charge is 0.359 e. The number of nitrogens with zero attached hydrogens (tertiary/aromatic N) is 1. The Morgan fingerprint density at radius 2 is 1.41 bits per heavy atom. The van der Waals surface area contributed by atoms with Crippen molar-refractivity contribution in [2.75, 3.05) is 5.32 Å². The second-order valence-corrected chi connectivity index (χ2v) is 8.07. The van der Waals surface area contributed by atoms with E-state index in [-0.39, 0.29) is 0 Å². The molecule has 0 atom stereocenters. The molecule has 0 aliphatic carbocycles. The zero-order valence-electron chi connectivity index (χ0n) is 18.1. The third-order valence-corrected chi connectivity index (χ3v) is 4.85. The lowest BCUT2D eigenvalue weighted by Crippen LogP contribution is -2.04. The van der Waals surface area contributed by atoms with E-state index in [0.29, 0.717) is 11.8 Å². The molecule has 1 N–H and O–H groups in total. The quantitative estimate of drug-likeness (QED) is 0.524. The van der Waals surface area contributed by atoms with Gasteiger partial charge in [-0.05, 0) is 67.9 Å². The Bertz CT molecular complexity index is 855. The third-order valence-electron chi connectivity index (χ3n) is 4.85. The lowest BCUT2D eigenvalue weighted by Gasteiger charge is -2.18. The van der Waals surface area contributed by atoms with Gasteiger partial charge in [-0.2, -0.15) is 0 Å². The molecule has 2 aromatic rings. The Hall–Kier alpha value is -2.35. The molecule has 0 aliphatic rings. The summed E-state index contributed by atoms with van der Waals surface area (Å²) < 4.78 is 0. The van der Waals surface area contributed by atoms with Gasteiger partial charge in [0, 0.05) is 17.1 Å². The molecule has 0 spiro atoms. The van der Waals surface area contributed by atoms with Crippen LogP contribution >= 0.6 is 0 Å². The average molecular weight is 363 g/mol. The van der Waals surface area contributed by atoms with Gasteiger partial charge in [-0.3, -0.25) is 4.99 Å². The maximum absolute atomic E-state index is 4.94. The lowest BCUT2D eigenvalue weighted by atomic mass is 9.98. The molecular formula is C25H34N2. The molecule has 2 aromatic carbocycles. The highest BCUT2D eigenvalue weighted by Gasteiger charge is 2.10. The van der Waals surface area contributed by atoms with Crippen LogP contribution < -0.4 is 5.32 Å². The maximum Gasteiger partial charge on any atom is 0.0696 e. The van der Waals surface area contributed by atoms with Gasteiger partial charge in [-0.25, -0.2) is 0 Å². The van der Waals surface area contributed by atoms with E-state index in [2.05, 4.69) is 103 Å². The van der Waals surface area contributed by atoms with Crippen molar-refractivity contribution in [1.82, 2.24) is 0 Å². The predicted molar refractivity (Wildman–Crippen MR) is 121 cm³/mol. The summed E-state index contributed by atoms with van der Waals surface area (Å²) in [5.41, 5.74) is 9.57. The van der Waals surface area contributed by atoms with Gasteiger partial charge in [0.25, 0.3) is 0 Å². The van der Waals surface area contributed by atoms with Crippen LogP contribution in [0.4, 0.5) is 11.4 Å². The highest BCUT2D eigenvalue weighted by Crippen LogP contribution is 2.31. The molecule has 0 aliphatic heterocycles. The van der Waals surface area contributed by atoms with Gasteiger partial charge in [-0.1, -0.05) is 64.1 Å². The van der Waals surface area contributed by atoms with Gasteiger partial charge in [-0.15, -0.1) is 0 Å². The van der Waals surface area contributed by atoms with Crippen LogP contribution in [-0.2, 0) is 0 Å². The van der Waals surface area contributed by atoms with Crippen LogP contribution in [0.5, 0.6) is 0 Å². The first-order valence-corrected chi connectivity index (χ1v) is 9.90. The summed E-state index contributed by atoms with van der Waals surface area (Å²) in [5, 5.41) is 3.61. The van der Waals surface area contributed by atoms with Crippen molar-refractivity contribution < 1.29 is 0 Å². The summed E-state index contributed by atoms with van der Waals surface area (Å²) in [7, 11) is 0. The summed E-state index contributed by atoms with van der Waals surface area (Å²) in [6.45, 7) is 17.4. The molecule has 0 heterocycles. The SMILES string of the molecule is CC(/C=C(\C)Nc1c(C)cccc1C(C)C)=Nc1c(C)cccc1C(C)C. The van der Waals surface area contributed by atoms with E-state index < -0.39 is 0 Å². The van der Waals surface area contributed by atoms with E-state index in [1.165, 1.54) is 27.9 Å². The minimum atomic E-state index is 0.459. The minimum absolute atomic E-state index is 0.459. The average Bonchev–Trinajstić information content (AvgIpc) is 2.57. The fourth-order valence-electron chi connectivity index (χ4n) is 3.40. The van der Waals surface area contributed by atoms with Crippen LogP contribution in [0.25, 0.3) is 0 Å².